The molecule has 2 rings (SSSR count). The van der Waals surface area contributed by atoms with E-state index in [0.717, 1.165) is 0 Å². The summed E-state index contributed by atoms with van der Waals surface area (Å²) in [6.45, 7) is 0.216. The van der Waals surface area contributed by atoms with Crippen LogP contribution in [0, 0.1) is 9.39 Å². The number of ether oxygens (including phenoxy) is 1. The fourth-order valence-corrected chi connectivity index (χ4v) is 2.21. The van der Waals surface area contributed by atoms with E-state index in [1.54, 1.807) is 0 Å². The molecule has 0 aliphatic rings. The summed E-state index contributed by atoms with van der Waals surface area (Å²) in [5, 5.41) is 0.188. The lowest BCUT2D eigenvalue weighted by Gasteiger charge is -2.07. The van der Waals surface area contributed by atoms with Gasteiger partial charge in [-0.25, -0.2) is 9.37 Å². The first-order valence-corrected chi connectivity index (χ1v) is 6.71. The number of nitrogens with zero attached hydrogens (tertiary/aromatic N) is 1. The second-order valence-electron chi connectivity index (χ2n) is 3.73. The van der Waals surface area contributed by atoms with Gasteiger partial charge in [-0.1, -0.05) is 11.6 Å². The van der Waals surface area contributed by atoms with Gasteiger partial charge in [0.05, 0.1) is 17.3 Å². The second kappa shape index (κ2) is 5.98. The fourth-order valence-electron chi connectivity index (χ4n) is 1.55. The number of nitrogens with one attached hydrogen (secondary N) is 1. The van der Waals surface area contributed by atoms with E-state index in [4.69, 9.17) is 16.3 Å². The Balaban J connectivity index is 2.59. The first kappa shape index (κ1) is 14.4. The van der Waals surface area contributed by atoms with Gasteiger partial charge in [-0.3, -0.25) is 4.79 Å². The highest BCUT2D eigenvalue weighted by atomic mass is 127. The zero-order valence-electron chi connectivity index (χ0n) is 9.84. The van der Waals surface area contributed by atoms with Crippen LogP contribution in [0.25, 0.3) is 11.4 Å². The maximum Gasteiger partial charge on any atom is 0.264 e. The Hall–Kier alpha value is -0.990. The van der Waals surface area contributed by atoms with Crippen molar-refractivity contribution in [2.75, 3.05) is 7.11 Å². The van der Waals surface area contributed by atoms with Crippen molar-refractivity contribution in [2.45, 2.75) is 6.61 Å². The van der Waals surface area contributed by atoms with Crippen LogP contribution in [0.5, 0.6) is 0 Å². The fraction of sp³-hybridized carbons (Fsp3) is 0.167. The maximum absolute atomic E-state index is 13.0. The van der Waals surface area contributed by atoms with Crippen LogP contribution >= 0.6 is 34.2 Å². The molecule has 1 heterocycles. The summed E-state index contributed by atoms with van der Waals surface area (Å²) in [6.07, 6.45) is 0. The quantitative estimate of drug-likeness (QED) is 0.815. The van der Waals surface area contributed by atoms with Gasteiger partial charge in [0.25, 0.3) is 5.56 Å². The van der Waals surface area contributed by atoms with Crippen LogP contribution in [-0.4, -0.2) is 17.1 Å². The molecule has 0 aliphatic heterocycles. The number of halogens is 3. The lowest BCUT2D eigenvalue weighted by molar-refractivity contribution is 0.180. The van der Waals surface area contributed by atoms with Crippen molar-refractivity contribution in [3.8, 4) is 11.4 Å². The molecule has 19 heavy (non-hydrogen) atoms. The molecule has 0 aliphatic carbocycles. The predicted octanol–water partition coefficient (Wildman–Crippen LogP) is 2.98. The molecule has 1 aromatic carbocycles. The van der Waals surface area contributed by atoms with E-state index in [2.05, 4.69) is 9.97 Å². The summed E-state index contributed by atoms with van der Waals surface area (Å²) >= 11 is 7.85. The number of hydrogen-bond acceptors (Lipinski definition) is 3. The van der Waals surface area contributed by atoms with Crippen molar-refractivity contribution in [1.29, 1.82) is 0 Å². The summed E-state index contributed by atoms with van der Waals surface area (Å²) in [7, 11) is 1.52. The third-order valence-electron chi connectivity index (χ3n) is 2.40. The van der Waals surface area contributed by atoms with Gasteiger partial charge in [0.15, 0.2) is 0 Å². The third kappa shape index (κ3) is 3.13. The van der Waals surface area contributed by atoms with Crippen molar-refractivity contribution in [3.05, 3.63) is 48.7 Å². The number of benzene rings is 1. The van der Waals surface area contributed by atoms with E-state index in [9.17, 15) is 9.18 Å². The van der Waals surface area contributed by atoms with Gasteiger partial charge < -0.3 is 9.72 Å². The molecule has 100 valence electrons. The van der Waals surface area contributed by atoms with E-state index >= 15 is 0 Å². The molecule has 0 unspecified atom stereocenters. The van der Waals surface area contributed by atoms with E-state index in [-0.39, 0.29) is 17.2 Å². The van der Waals surface area contributed by atoms with E-state index in [1.807, 2.05) is 22.6 Å². The van der Waals surface area contributed by atoms with Crippen molar-refractivity contribution in [1.82, 2.24) is 9.97 Å². The van der Waals surface area contributed by atoms with Gasteiger partial charge in [-0.15, -0.1) is 0 Å². The van der Waals surface area contributed by atoms with Crippen molar-refractivity contribution in [2.24, 2.45) is 0 Å². The van der Waals surface area contributed by atoms with Crippen LogP contribution in [0.15, 0.2) is 23.0 Å². The van der Waals surface area contributed by atoms with E-state index in [1.165, 1.54) is 25.3 Å². The van der Waals surface area contributed by atoms with Crippen molar-refractivity contribution < 1.29 is 9.13 Å². The summed E-state index contributed by atoms with van der Waals surface area (Å²) in [4.78, 5) is 18.7. The number of methoxy groups -OCH3 is 1. The molecule has 7 heteroatoms. The van der Waals surface area contributed by atoms with Crippen molar-refractivity contribution >= 4 is 34.2 Å². The largest absolute Gasteiger partial charge is 0.378 e. The molecule has 0 saturated heterocycles. The number of aromatic nitrogens is 2. The molecule has 0 amide bonds. The average Bonchev–Trinajstić information content (AvgIpc) is 2.35. The summed E-state index contributed by atoms with van der Waals surface area (Å²) < 4.78 is 18.5. The van der Waals surface area contributed by atoms with Crippen LogP contribution in [-0.2, 0) is 11.3 Å². The zero-order chi connectivity index (χ0) is 14.0. The Morgan fingerprint density at radius 1 is 1.53 bits per heavy atom. The topological polar surface area (TPSA) is 55.0 Å². The molecule has 2 aromatic rings. The molecular weight excluding hydrogens is 385 g/mol. The van der Waals surface area contributed by atoms with Crippen LogP contribution in [0.3, 0.4) is 0 Å². The Bertz CT molecular complexity index is 675. The van der Waals surface area contributed by atoms with Gasteiger partial charge >= 0.3 is 0 Å². The number of aromatic amines is 1. The van der Waals surface area contributed by atoms with Gasteiger partial charge in [0.1, 0.15) is 15.2 Å². The highest BCUT2D eigenvalue weighted by Gasteiger charge is 2.12. The Kier molecular flexibility index (Phi) is 4.54. The van der Waals surface area contributed by atoms with Crippen LogP contribution in [0.1, 0.15) is 5.69 Å². The van der Waals surface area contributed by atoms with Gasteiger partial charge in [-0.05, 0) is 40.8 Å². The van der Waals surface area contributed by atoms with Crippen LogP contribution in [0.4, 0.5) is 4.39 Å². The summed E-state index contributed by atoms with van der Waals surface area (Å²) in [6, 6.07) is 3.90. The number of H-pyrrole nitrogens is 1. The first-order chi connectivity index (χ1) is 9.02. The molecule has 0 radical (unpaired) electrons. The normalized spacial score (nSPS) is 10.7. The maximum atomic E-state index is 13.0. The van der Waals surface area contributed by atoms with Gasteiger partial charge in [-0.2, -0.15) is 0 Å². The highest BCUT2D eigenvalue weighted by Crippen LogP contribution is 2.25. The van der Waals surface area contributed by atoms with Gasteiger partial charge in [0.2, 0.25) is 0 Å². The Labute approximate surface area is 127 Å². The molecule has 0 spiro atoms. The minimum absolute atomic E-state index is 0.188. The van der Waals surface area contributed by atoms with Gasteiger partial charge in [0, 0.05) is 12.7 Å². The standard InChI is InChI=1S/C12H9ClFIN2O2/c1-19-5-9-10(15)12(18)17-11(16-9)7-3-2-6(14)4-8(7)13/h2-4H,5H2,1H3,(H,16,17,18). The van der Waals surface area contributed by atoms with E-state index < -0.39 is 5.82 Å². The number of rotatable bonds is 3. The Morgan fingerprint density at radius 3 is 2.89 bits per heavy atom. The van der Waals surface area contributed by atoms with Crippen molar-refractivity contribution in [3.63, 3.8) is 0 Å². The second-order valence-corrected chi connectivity index (χ2v) is 5.22. The lowest BCUT2D eigenvalue weighted by Crippen LogP contribution is -2.16. The molecule has 0 bridgehead atoms. The Morgan fingerprint density at radius 2 is 2.26 bits per heavy atom. The summed E-state index contributed by atoms with van der Waals surface area (Å²) in [5.41, 5.74) is 0.703. The SMILES string of the molecule is COCc1nc(-c2ccc(F)cc2Cl)[nH]c(=O)c1I. The molecule has 1 aromatic heterocycles. The van der Waals surface area contributed by atoms with Crippen LogP contribution < -0.4 is 5.56 Å². The third-order valence-corrected chi connectivity index (χ3v) is 3.82. The highest BCUT2D eigenvalue weighted by molar-refractivity contribution is 14.1. The average molecular weight is 395 g/mol. The zero-order valence-corrected chi connectivity index (χ0v) is 12.8. The first-order valence-electron chi connectivity index (χ1n) is 5.26. The monoisotopic (exact) mass is 394 g/mol. The molecule has 4 nitrogen and oxygen atoms in total. The molecule has 0 atom stereocenters. The minimum Gasteiger partial charge on any atom is -0.378 e. The predicted molar refractivity (Wildman–Crippen MR) is 78.7 cm³/mol. The summed E-state index contributed by atoms with van der Waals surface area (Å²) in [5.74, 6) is -0.152. The molecular formula is C12H9ClFIN2O2. The smallest absolute Gasteiger partial charge is 0.264 e. The van der Waals surface area contributed by atoms with E-state index in [0.29, 0.717) is 20.7 Å². The lowest BCUT2D eigenvalue weighted by atomic mass is 10.2. The molecule has 1 N–H and O–H groups in total. The molecule has 0 saturated carbocycles. The number of hydrogen-bond donors (Lipinski definition) is 1. The minimum atomic E-state index is -0.446. The molecule has 0 fully saturated rings. The van der Waals surface area contributed by atoms with Crippen LogP contribution in [0.2, 0.25) is 5.02 Å².